The molecule has 0 aliphatic carbocycles. The molecule has 3 aromatic rings. The number of nitrogens with one attached hydrogen (secondary N) is 2. The van der Waals surface area contributed by atoms with Crippen LogP contribution >= 0.6 is 0 Å². The first kappa shape index (κ1) is 15.7. The summed E-state index contributed by atoms with van der Waals surface area (Å²) in [6.45, 7) is 2.14. The highest BCUT2D eigenvalue weighted by molar-refractivity contribution is 6.09. The van der Waals surface area contributed by atoms with Gasteiger partial charge in [-0.2, -0.15) is 0 Å². The topological polar surface area (TPSA) is 65.2 Å². The number of carbonyl (C=O) groups is 2. The van der Waals surface area contributed by atoms with E-state index in [-0.39, 0.29) is 17.9 Å². The molecule has 0 bridgehead atoms. The van der Waals surface area contributed by atoms with E-state index in [0.29, 0.717) is 12.8 Å². The van der Waals surface area contributed by atoms with Crippen molar-refractivity contribution in [1.29, 1.82) is 0 Å². The number of likely N-dealkylation sites (N-methyl/N-ethyl adjacent to an activating group) is 1. The van der Waals surface area contributed by atoms with Gasteiger partial charge in [0, 0.05) is 41.0 Å². The van der Waals surface area contributed by atoms with Crippen LogP contribution in [-0.2, 0) is 16.0 Å². The molecule has 128 valence electrons. The summed E-state index contributed by atoms with van der Waals surface area (Å²) in [6, 6.07) is 11.9. The molecule has 1 unspecified atom stereocenters. The number of amides is 2. The van der Waals surface area contributed by atoms with Crippen LogP contribution in [0.1, 0.15) is 25.3 Å². The van der Waals surface area contributed by atoms with E-state index in [0.717, 1.165) is 28.5 Å². The highest BCUT2D eigenvalue weighted by Gasteiger charge is 2.33. The molecule has 2 heterocycles. The monoisotopic (exact) mass is 335 g/mol. The van der Waals surface area contributed by atoms with Crippen molar-refractivity contribution in [2.75, 3.05) is 12.4 Å². The lowest BCUT2D eigenvalue weighted by Crippen LogP contribution is -2.38. The molecule has 0 saturated carbocycles. The molecular formula is C20H21N3O2. The van der Waals surface area contributed by atoms with Gasteiger partial charge in [-0.3, -0.25) is 9.59 Å². The van der Waals surface area contributed by atoms with Crippen molar-refractivity contribution in [2.45, 2.75) is 32.2 Å². The number of benzene rings is 2. The van der Waals surface area contributed by atoms with Crippen LogP contribution in [0.2, 0.25) is 0 Å². The third kappa shape index (κ3) is 2.56. The van der Waals surface area contributed by atoms with Crippen LogP contribution in [0.4, 0.5) is 5.69 Å². The molecule has 2 N–H and O–H groups in total. The number of aromatic amines is 1. The van der Waals surface area contributed by atoms with Gasteiger partial charge < -0.3 is 15.2 Å². The van der Waals surface area contributed by atoms with E-state index in [9.17, 15) is 9.59 Å². The van der Waals surface area contributed by atoms with Crippen LogP contribution in [0.3, 0.4) is 0 Å². The van der Waals surface area contributed by atoms with Gasteiger partial charge in [-0.05, 0) is 30.5 Å². The van der Waals surface area contributed by atoms with Gasteiger partial charge in [0.25, 0.3) is 0 Å². The number of para-hydroxylation sites is 1. The summed E-state index contributed by atoms with van der Waals surface area (Å²) in [7, 11) is 1.69. The summed E-state index contributed by atoms with van der Waals surface area (Å²) in [6.07, 6.45) is 1.99. The Hall–Kier alpha value is -2.82. The van der Waals surface area contributed by atoms with Crippen LogP contribution in [0.25, 0.3) is 21.8 Å². The number of aromatic nitrogens is 1. The Morgan fingerprint density at radius 1 is 1.28 bits per heavy atom. The average Bonchev–Trinajstić information content (AvgIpc) is 3.14. The van der Waals surface area contributed by atoms with Gasteiger partial charge in [0.1, 0.15) is 6.04 Å². The predicted molar refractivity (Wildman–Crippen MR) is 99.6 cm³/mol. The fourth-order valence-corrected chi connectivity index (χ4v) is 3.70. The first-order chi connectivity index (χ1) is 12.1. The van der Waals surface area contributed by atoms with Gasteiger partial charge in [-0.1, -0.05) is 31.2 Å². The molecule has 0 radical (unpaired) electrons. The molecule has 0 spiro atoms. The number of anilines is 1. The first-order valence-electron chi connectivity index (χ1n) is 8.68. The smallest absolute Gasteiger partial charge is 0.247 e. The maximum absolute atomic E-state index is 12.5. The number of hydrogen-bond donors (Lipinski definition) is 2. The van der Waals surface area contributed by atoms with Crippen LogP contribution in [-0.4, -0.2) is 34.8 Å². The Bertz CT molecular complexity index is 989. The van der Waals surface area contributed by atoms with Crippen LogP contribution in [0.15, 0.2) is 36.4 Å². The van der Waals surface area contributed by atoms with E-state index in [1.54, 1.807) is 7.05 Å². The molecule has 1 aromatic heterocycles. The molecule has 25 heavy (non-hydrogen) atoms. The first-order valence-corrected chi connectivity index (χ1v) is 8.68. The lowest BCUT2D eigenvalue weighted by molar-refractivity contribution is -0.131. The Morgan fingerprint density at radius 2 is 2.12 bits per heavy atom. The maximum atomic E-state index is 12.5. The van der Waals surface area contributed by atoms with E-state index in [4.69, 9.17) is 0 Å². The second-order valence-corrected chi connectivity index (χ2v) is 6.63. The number of likely N-dealkylation sites (tertiary alicyclic amines) is 1. The van der Waals surface area contributed by atoms with Crippen molar-refractivity contribution in [2.24, 2.45) is 0 Å². The molecule has 5 heteroatoms. The van der Waals surface area contributed by atoms with Gasteiger partial charge in [-0.15, -0.1) is 0 Å². The van der Waals surface area contributed by atoms with Gasteiger partial charge in [-0.25, -0.2) is 0 Å². The molecular weight excluding hydrogens is 314 g/mol. The minimum absolute atomic E-state index is 0.0262. The van der Waals surface area contributed by atoms with E-state index in [1.165, 1.54) is 15.8 Å². The lowest BCUT2D eigenvalue weighted by atomic mass is 10.1. The summed E-state index contributed by atoms with van der Waals surface area (Å²) in [5.41, 5.74) is 4.19. The van der Waals surface area contributed by atoms with Crippen molar-refractivity contribution in [3.8, 4) is 0 Å². The largest absolute Gasteiger partial charge is 0.354 e. The SMILES string of the molecule is CCc1cccc2c1[nH]c1cc(NC(=O)C3CCC(=O)N3C)ccc12. The molecule has 4 rings (SSSR count). The fourth-order valence-electron chi connectivity index (χ4n) is 3.70. The van der Waals surface area contributed by atoms with Crippen molar-refractivity contribution in [3.63, 3.8) is 0 Å². The minimum Gasteiger partial charge on any atom is -0.354 e. The van der Waals surface area contributed by atoms with Gasteiger partial charge in [0.05, 0.1) is 0 Å². The molecule has 1 fully saturated rings. The van der Waals surface area contributed by atoms with Gasteiger partial charge >= 0.3 is 0 Å². The second kappa shape index (κ2) is 5.92. The van der Waals surface area contributed by atoms with Crippen LogP contribution in [0.5, 0.6) is 0 Å². The molecule has 2 aromatic carbocycles. The molecule has 5 nitrogen and oxygen atoms in total. The Kier molecular flexibility index (Phi) is 3.71. The number of carbonyl (C=O) groups excluding carboxylic acids is 2. The summed E-state index contributed by atoms with van der Waals surface area (Å²) in [4.78, 5) is 29.1. The average molecular weight is 335 g/mol. The number of hydrogen-bond acceptors (Lipinski definition) is 2. The van der Waals surface area contributed by atoms with Crippen LogP contribution < -0.4 is 5.32 Å². The van der Waals surface area contributed by atoms with Crippen molar-refractivity contribution in [3.05, 3.63) is 42.0 Å². The van der Waals surface area contributed by atoms with E-state index < -0.39 is 0 Å². The summed E-state index contributed by atoms with van der Waals surface area (Å²) in [5, 5.41) is 5.30. The highest BCUT2D eigenvalue weighted by atomic mass is 16.2. The molecule has 1 saturated heterocycles. The minimum atomic E-state index is -0.377. The molecule has 1 atom stereocenters. The van der Waals surface area contributed by atoms with E-state index in [1.807, 2.05) is 18.2 Å². The third-order valence-corrected chi connectivity index (χ3v) is 5.16. The summed E-state index contributed by atoms with van der Waals surface area (Å²) >= 11 is 0. The normalized spacial score (nSPS) is 17.6. The number of nitrogens with zero attached hydrogens (tertiary/aromatic N) is 1. The zero-order valence-electron chi connectivity index (χ0n) is 14.4. The third-order valence-electron chi connectivity index (χ3n) is 5.16. The predicted octanol–water partition coefficient (Wildman–Crippen LogP) is 3.44. The zero-order valence-corrected chi connectivity index (χ0v) is 14.4. The van der Waals surface area contributed by atoms with Crippen molar-refractivity contribution in [1.82, 2.24) is 9.88 Å². The maximum Gasteiger partial charge on any atom is 0.247 e. The van der Waals surface area contributed by atoms with E-state index in [2.05, 4.69) is 35.4 Å². The Labute approximate surface area is 146 Å². The quantitative estimate of drug-likeness (QED) is 0.770. The molecule has 1 aliphatic rings. The zero-order chi connectivity index (χ0) is 17.6. The second-order valence-electron chi connectivity index (χ2n) is 6.63. The van der Waals surface area contributed by atoms with Crippen molar-refractivity contribution >= 4 is 39.3 Å². The molecule has 1 aliphatic heterocycles. The number of H-pyrrole nitrogens is 1. The van der Waals surface area contributed by atoms with Gasteiger partial charge in [0.2, 0.25) is 11.8 Å². The Balaban J connectivity index is 1.66. The van der Waals surface area contributed by atoms with E-state index >= 15 is 0 Å². The fraction of sp³-hybridized carbons (Fsp3) is 0.300. The van der Waals surface area contributed by atoms with Gasteiger partial charge in [0.15, 0.2) is 0 Å². The highest BCUT2D eigenvalue weighted by Crippen LogP contribution is 2.30. The van der Waals surface area contributed by atoms with Crippen molar-refractivity contribution < 1.29 is 9.59 Å². The number of rotatable bonds is 3. The standard InChI is InChI=1S/C20H21N3O2/c1-3-12-5-4-6-15-14-8-7-13(11-16(14)22-19(12)15)21-20(25)17-9-10-18(24)23(17)2/h4-8,11,17,22H,3,9-10H2,1-2H3,(H,21,25). The lowest BCUT2D eigenvalue weighted by Gasteiger charge is -2.19. The number of aryl methyl sites for hydroxylation is 1. The summed E-state index contributed by atoms with van der Waals surface area (Å²) < 4.78 is 0. The summed E-state index contributed by atoms with van der Waals surface area (Å²) in [5.74, 6) is -0.101. The Morgan fingerprint density at radius 3 is 2.84 bits per heavy atom. The molecule has 2 amide bonds. The number of fused-ring (bicyclic) bond motifs is 3. The van der Waals surface area contributed by atoms with Crippen LogP contribution in [0, 0.1) is 0 Å².